The number of aliphatic carboxylic acids is 1. The number of nitrogens with two attached hydrogens (primary N) is 1. The second-order valence-electron chi connectivity index (χ2n) is 5.39. The van der Waals surface area contributed by atoms with Crippen LogP contribution in [0.4, 0.5) is 0 Å². The smallest absolute Gasteiger partial charge is 0.324 e. The highest BCUT2D eigenvalue weighted by molar-refractivity contribution is 5.97. The largest absolute Gasteiger partial charge is 0.480 e. The summed E-state index contributed by atoms with van der Waals surface area (Å²) in [5, 5.41) is 8.99. The third-order valence-corrected chi connectivity index (χ3v) is 3.08. The summed E-state index contributed by atoms with van der Waals surface area (Å²) < 4.78 is 5.22. The van der Waals surface area contributed by atoms with Gasteiger partial charge in [-0.3, -0.25) is 9.59 Å². The lowest BCUT2D eigenvalue weighted by atomic mass is 9.96. The first kappa shape index (κ1) is 13.0. The van der Waals surface area contributed by atoms with Crippen LogP contribution in [0.15, 0.2) is 0 Å². The first-order valence-corrected chi connectivity index (χ1v) is 5.35. The van der Waals surface area contributed by atoms with E-state index in [1.54, 1.807) is 27.7 Å². The summed E-state index contributed by atoms with van der Waals surface area (Å²) in [4.78, 5) is 22.9. The molecule has 0 unspecified atom stereocenters. The van der Waals surface area contributed by atoms with E-state index in [4.69, 9.17) is 15.6 Å². The molecule has 0 saturated heterocycles. The molecule has 0 heterocycles. The maximum atomic E-state index is 11.9. The predicted molar refractivity (Wildman–Crippen MR) is 57.7 cm³/mol. The number of carbonyl (C=O) groups excluding carboxylic acids is 1. The summed E-state index contributed by atoms with van der Waals surface area (Å²) in [5.74, 6) is -1.65. The van der Waals surface area contributed by atoms with Crippen molar-refractivity contribution in [3.8, 4) is 0 Å². The van der Waals surface area contributed by atoms with Gasteiger partial charge in [0.15, 0.2) is 0 Å². The Morgan fingerprint density at radius 1 is 1.44 bits per heavy atom. The summed E-state index contributed by atoms with van der Waals surface area (Å²) in [6, 6.07) is 0. The van der Waals surface area contributed by atoms with Gasteiger partial charge in [0.1, 0.15) is 11.1 Å². The first-order valence-electron chi connectivity index (χ1n) is 5.35. The van der Waals surface area contributed by atoms with Crippen molar-refractivity contribution in [2.45, 2.75) is 51.7 Å². The molecule has 0 bridgehead atoms. The molecule has 92 valence electrons. The van der Waals surface area contributed by atoms with Crippen LogP contribution in [0.25, 0.3) is 0 Å². The van der Waals surface area contributed by atoms with Gasteiger partial charge < -0.3 is 15.6 Å². The van der Waals surface area contributed by atoms with E-state index in [-0.39, 0.29) is 6.42 Å². The van der Waals surface area contributed by atoms with Crippen molar-refractivity contribution >= 4 is 11.9 Å². The van der Waals surface area contributed by atoms with Gasteiger partial charge >= 0.3 is 11.9 Å². The van der Waals surface area contributed by atoms with E-state index in [0.717, 1.165) is 0 Å². The Bertz CT molecular complexity index is 333. The van der Waals surface area contributed by atoms with E-state index >= 15 is 0 Å². The highest BCUT2D eigenvalue weighted by atomic mass is 16.6. The molecule has 0 spiro atoms. The minimum absolute atomic E-state index is 0.154. The van der Waals surface area contributed by atoms with Crippen LogP contribution < -0.4 is 5.73 Å². The molecule has 0 amide bonds. The highest BCUT2D eigenvalue weighted by Crippen LogP contribution is 2.58. The molecule has 0 aromatic rings. The van der Waals surface area contributed by atoms with Crippen LogP contribution in [0.1, 0.15) is 40.5 Å². The number of carbonyl (C=O) groups is 2. The fourth-order valence-corrected chi connectivity index (χ4v) is 1.93. The Morgan fingerprint density at radius 2 is 1.94 bits per heavy atom. The van der Waals surface area contributed by atoms with E-state index in [1.165, 1.54) is 0 Å². The standard InChI is InChI=1S/C11H19NO4/c1-5-10(6-11(10,12)7(13)14)8(15)16-9(2,3)4/h5-6,12H2,1-4H3,(H,13,14)/t10-,11+/m0/s1. The SMILES string of the molecule is CC[C@@]1(C(=O)OC(C)(C)C)C[C@@]1(N)C(=O)O. The minimum atomic E-state index is -1.45. The van der Waals surface area contributed by atoms with Crippen molar-refractivity contribution in [2.75, 3.05) is 0 Å². The van der Waals surface area contributed by atoms with Crippen LogP contribution in [-0.2, 0) is 14.3 Å². The molecule has 5 heteroatoms. The fraction of sp³-hybridized carbons (Fsp3) is 0.818. The van der Waals surface area contributed by atoms with E-state index in [0.29, 0.717) is 6.42 Å². The summed E-state index contributed by atoms with van der Waals surface area (Å²) in [5.41, 5.74) is 2.57. The maximum absolute atomic E-state index is 11.9. The Balaban J connectivity index is 2.87. The fourth-order valence-electron chi connectivity index (χ4n) is 1.93. The maximum Gasteiger partial charge on any atom is 0.324 e. The number of carboxylic acids is 1. The van der Waals surface area contributed by atoms with Gasteiger partial charge in [-0.25, -0.2) is 0 Å². The van der Waals surface area contributed by atoms with Crippen molar-refractivity contribution in [3.05, 3.63) is 0 Å². The van der Waals surface area contributed by atoms with Gasteiger partial charge in [0, 0.05) is 0 Å². The van der Waals surface area contributed by atoms with Crippen LogP contribution in [0.3, 0.4) is 0 Å². The second kappa shape index (κ2) is 3.45. The normalized spacial score (nSPS) is 33.3. The number of ether oxygens (including phenoxy) is 1. The van der Waals surface area contributed by atoms with Gasteiger partial charge in [-0.1, -0.05) is 6.92 Å². The molecule has 1 aliphatic rings. The van der Waals surface area contributed by atoms with E-state index < -0.39 is 28.5 Å². The molecule has 1 fully saturated rings. The van der Waals surface area contributed by atoms with Crippen molar-refractivity contribution < 1.29 is 19.4 Å². The number of hydrogen-bond donors (Lipinski definition) is 2. The van der Waals surface area contributed by atoms with Gasteiger partial charge in [0.2, 0.25) is 0 Å². The zero-order valence-corrected chi connectivity index (χ0v) is 10.2. The van der Waals surface area contributed by atoms with Gasteiger partial charge in [-0.15, -0.1) is 0 Å². The van der Waals surface area contributed by atoms with E-state index in [9.17, 15) is 9.59 Å². The molecule has 0 radical (unpaired) electrons. The third kappa shape index (κ3) is 1.80. The summed E-state index contributed by atoms with van der Waals surface area (Å²) in [6.45, 7) is 6.99. The lowest BCUT2D eigenvalue weighted by molar-refractivity contribution is -0.165. The van der Waals surface area contributed by atoms with Crippen molar-refractivity contribution in [1.82, 2.24) is 0 Å². The minimum Gasteiger partial charge on any atom is -0.480 e. The Morgan fingerprint density at radius 3 is 2.19 bits per heavy atom. The average molecular weight is 229 g/mol. The molecule has 5 nitrogen and oxygen atoms in total. The van der Waals surface area contributed by atoms with Crippen molar-refractivity contribution in [1.29, 1.82) is 0 Å². The summed E-state index contributed by atoms with van der Waals surface area (Å²) in [7, 11) is 0. The Labute approximate surface area is 95.0 Å². The average Bonchev–Trinajstić information content (AvgIpc) is 2.72. The molecule has 0 aromatic carbocycles. The predicted octanol–water partition coefficient (Wildman–Crippen LogP) is 0.910. The Kier molecular flexibility index (Phi) is 2.79. The van der Waals surface area contributed by atoms with Crippen LogP contribution >= 0.6 is 0 Å². The van der Waals surface area contributed by atoms with E-state index in [2.05, 4.69) is 0 Å². The van der Waals surface area contributed by atoms with Gasteiger partial charge in [0.05, 0.1) is 5.41 Å². The van der Waals surface area contributed by atoms with Gasteiger partial charge in [-0.05, 0) is 33.6 Å². The molecule has 16 heavy (non-hydrogen) atoms. The topological polar surface area (TPSA) is 89.6 Å². The van der Waals surface area contributed by atoms with E-state index in [1.807, 2.05) is 0 Å². The zero-order chi connectivity index (χ0) is 12.8. The number of rotatable bonds is 3. The Hall–Kier alpha value is -1.10. The highest BCUT2D eigenvalue weighted by Gasteiger charge is 2.75. The summed E-state index contributed by atoms with van der Waals surface area (Å²) in [6.07, 6.45) is 0.533. The first-order chi connectivity index (χ1) is 7.09. The van der Waals surface area contributed by atoms with Crippen LogP contribution in [0.2, 0.25) is 0 Å². The molecular weight excluding hydrogens is 210 g/mol. The number of esters is 1. The monoisotopic (exact) mass is 229 g/mol. The molecule has 3 N–H and O–H groups in total. The van der Waals surface area contributed by atoms with Crippen molar-refractivity contribution in [2.24, 2.45) is 11.1 Å². The molecule has 0 aliphatic heterocycles. The van der Waals surface area contributed by atoms with Gasteiger partial charge in [-0.2, -0.15) is 0 Å². The lowest BCUT2D eigenvalue weighted by Gasteiger charge is -2.24. The second-order valence-corrected chi connectivity index (χ2v) is 5.39. The van der Waals surface area contributed by atoms with Gasteiger partial charge in [0.25, 0.3) is 0 Å². The number of carboxylic acid groups (broad SMARTS) is 1. The molecular formula is C11H19NO4. The third-order valence-electron chi connectivity index (χ3n) is 3.08. The summed E-state index contributed by atoms with van der Waals surface area (Å²) >= 11 is 0. The molecule has 1 aliphatic carbocycles. The van der Waals surface area contributed by atoms with Crippen LogP contribution in [-0.4, -0.2) is 28.2 Å². The molecule has 0 aromatic heterocycles. The molecule has 2 atom stereocenters. The number of hydrogen-bond acceptors (Lipinski definition) is 4. The van der Waals surface area contributed by atoms with Crippen LogP contribution in [0.5, 0.6) is 0 Å². The van der Waals surface area contributed by atoms with Crippen LogP contribution in [0, 0.1) is 5.41 Å². The van der Waals surface area contributed by atoms with Crippen molar-refractivity contribution in [3.63, 3.8) is 0 Å². The zero-order valence-electron chi connectivity index (χ0n) is 10.2. The molecule has 1 saturated carbocycles. The molecule has 1 rings (SSSR count). The lowest BCUT2D eigenvalue weighted by Crippen LogP contribution is -2.44. The quantitative estimate of drug-likeness (QED) is 0.702.